The molecule has 2 rings (SSSR count). The lowest BCUT2D eigenvalue weighted by atomic mass is 10.0. The van der Waals surface area contributed by atoms with E-state index in [0.29, 0.717) is 19.5 Å². The number of rotatable bonds is 4. The molecule has 0 spiro atoms. The average molecular weight is 253 g/mol. The van der Waals surface area contributed by atoms with Crippen LogP contribution in [0.2, 0.25) is 0 Å². The molecule has 1 radical (unpaired) electrons. The van der Waals surface area contributed by atoms with Crippen molar-refractivity contribution in [2.45, 2.75) is 25.2 Å². The highest BCUT2D eigenvalue weighted by Gasteiger charge is 2.28. The van der Waals surface area contributed by atoms with Gasteiger partial charge in [-0.2, -0.15) is 0 Å². The number of piperidine rings is 1. The van der Waals surface area contributed by atoms with Gasteiger partial charge in [-0.05, 0) is 24.1 Å². The van der Waals surface area contributed by atoms with Gasteiger partial charge in [-0.3, -0.25) is 4.79 Å². The summed E-state index contributed by atoms with van der Waals surface area (Å²) in [5.41, 5.74) is 0.910. The predicted molar refractivity (Wildman–Crippen MR) is 63.8 cm³/mol. The topological polar surface area (TPSA) is 32.3 Å². The van der Waals surface area contributed by atoms with E-state index in [0.717, 1.165) is 5.56 Å². The molecule has 0 aromatic heterocycles. The molecule has 1 aromatic rings. The smallest absolute Gasteiger partial charge is 0.312 e. The Morgan fingerprint density at radius 2 is 2.11 bits per heavy atom. The Kier molecular flexibility index (Phi) is 4.25. The van der Waals surface area contributed by atoms with Crippen molar-refractivity contribution in [3.05, 3.63) is 35.6 Å². The first-order valence-electron chi connectivity index (χ1n) is 5.93. The molecule has 3 nitrogen and oxygen atoms in total. The van der Waals surface area contributed by atoms with E-state index in [-0.39, 0.29) is 18.4 Å². The van der Waals surface area contributed by atoms with Gasteiger partial charge in [0.15, 0.2) is 0 Å². The second kappa shape index (κ2) is 5.91. The largest absolute Gasteiger partial charge is 0.331 e. The molecule has 0 bridgehead atoms. The highest BCUT2D eigenvalue weighted by molar-refractivity contribution is 5.48. The zero-order chi connectivity index (χ0) is 13.0. The molecule has 0 saturated carbocycles. The third-order valence-electron chi connectivity index (χ3n) is 3.15. The van der Waals surface area contributed by atoms with Crippen molar-refractivity contribution in [2.75, 3.05) is 13.1 Å². The molecule has 0 unspecified atom stereocenters. The molecule has 1 aliphatic rings. The van der Waals surface area contributed by atoms with Crippen LogP contribution in [0.5, 0.6) is 0 Å². The summed E-state index contributed by atoms with van der Waals surface area (Å²) in [5.74, 6) is -0.281. The van der Waals surface area contributed by atoms with E-state index in [9.17, 15) is 13.6 Å². The Bertz CT molecular complexity index is 396. The van der Waals surface area contributed by atoms with Crippen LogP contribution < -0.4 is 5.32 Å². The number of hydrogen-bond donors (Lipinski definition) is 1. The lowest BCUT2D eigenvalue weighted by Crippen LogP contribution is -2.50. The van der Waals surface area contributed by atoms with Gasteiger partial charge in [0.2, 0.25) is 0 Å². The molecule has 1 heterocycles. The van der Waals surface area contributed by atoms with Crippen molar-refractivity contribution in [1.29, 1.82) is 0 Å². The number of nitrogens with one attached hydrogen (secondary N) is 1. The number of alkyl halides is 1. The van der Waals surface area contributed by atoms with E-state index >= 15 is 0 Å². The van der Waals surface area contributed by atoms with E-state index in [1.54, 1.807) is 18.5 Å². The zero-order valence-electron chi connectivity index (χ0n) is 9.90. The quantitative estimate of drug-likeness (QED) is 0.879. The highest BCUT2D eigenvalue weighted by atomic mass is 19.1. The minimum atomic E-state index is -1.08. The minimum Gasteiger partial charge on any atom is -0.331 e. The Balaban J connectivity index is 1.83. The normalized spacial score (nSPS) is 24.0. The summed E-state index contributed by atoms with van der Waals surface area (Å²) >= 11 is 0. The molecule has 1 saturated heterocycles. The summed E-state index contributed by atoms with van der Waals surface area (Å²) in [6, 6.07) is 5.84. The average Bonchev–Trinajstić information content (AvgIpc) is 2.39. The summed E-state index contributed by atoms with van der Waals surface area (Å²) in [7, 11) is 0. The van der Waals surface area contributed by atoms with Crippen LogP contribution in [0.4, 0.5) is 8.78 Å². The molecule has 5 heteroatoms. The predicted octanol–water partition coefficient (Wildman–Crippen LogP) is 1.39. The molecular formula is C13H15F2N2O. The van der Waals surface area contributed by atoms with Gasteiger partial charge in [-0.25, -0.2) is 8.78 Å². The fourth-order valence-electron chi connectivity index (χ4n) is 2.07. The third-order valence-corrected chi connectivity index (χ3v) is 3.15. The van der Waals surface area contributed by atoms with Gasteiger partial charge in [0.1, 0.15) is 12.0 Å². The van der Waals surface area contributed by atoms with Crippen LogP contribution in [-0.2, 0) is 11.3 Å². The summed E-state index contributed by atoms with van der Waals surface area (Å²) in [4.78, 5) is 11.7. The first-order valence-corrected chi connectivity index (χ1v) is 5.93. The van der Waals surface area contributed by atoms with Gasteiger partial charge in [0.05, 0.1) is 6.54 Å². The molecule has 1 aromatic carbocycles. The number of benzene rings is 1. The standard InChI is InChI=1S/C13H15F2N2O/c14-11-3-1-10(2-4-11)7-16-13-5-6-17(9-18)8-12(13)15/h1-4,12-13,16H,5-8H2/t12-,13-/m1/s1. The molecule has 1 N–H and O–H groups in total. The first-order chi connectivity index (χ1) is 8.69. The van der Waals surface area contributed by atoms with Gasteiger partial charge in [0, 0.05) is 19.1 Å². The fraction of sp³-hybridized carbons (Fsp3) is 0.462. The van der Waals surface area contributed by atoms with Crippen LogP contribution in [-0.4, -0.2) is 36.6 Å². The SMILES string of the molecule is O=[C]N1CC[C@@H](NCc2ccc(F)cc2)[C@H](F)C1. The first kappa shape index (κ1) is 13.0. The zero-order valence-corrected chi connectivity index (χ0v) is 9.90. The van der Waals surface area contributed by atoms with Crippen molar-refractivity contribution < 1.29 is 13.6 Å². The maximum Gasteiger partial charge on any atom is 0.312 e. The van der Waals surface area contributed by atoms with E-state index < -0.39 is 6.17 Å². The van der Waals surface area contributed by atoms with E-state index in [1.807, 2.05) is 0 Å². The fourth-order valence-corrected chi connectivity index (χ4v) is 2.07. The Morgan fingerprint density at radius 3 is 2.72 bits per heavy atom. The maximum absolute atomic E-state index is 13.7. The van der Waals surface area contributed by atoms with E-state index in [2.05, 4.69) is 5.32 Å². The van der Waals surface area contributed by atoms with Crippen molar-refractivity contribution >= 4 is 6.41 Å². The molecule has 1 aliphatic heterocycles. The summed E-state index contributed by atoms with van der Waals surface area (Å²) in [6.45, 7) is 1.10. The van der Waals surface area contributed by atoms with Crippen LogP contribution in [0.15, 0.2) is 24.3 Å². The van der Waals surface area contributed by atoms with E-state index in [1.165, 1.54) is 17.0 Å². The van der Waals surface area contributed by atoms with Crippen LogP contribution in [0.3, 0.4) is 0 Å². The Labute approximate surface area is 105 Å². The molecule has 18 heavy (non-hydrogen) atoms. The van der Waals surface area contributed by atoms with Gasteiger partial charge < -0.3 is 10.2 Å². The monoisotopic (exact) mass is 253 g/mol. The summed E-state index contributed by atoms with van der Waals surface area (Å²) in [5, 5.41) is 3.10. The minimum absolute atomic E-state index is 0.0879. The Morgan fingerprint density at radius 1 is 1.39 bits per heavy atom. The van der Waals surface area contributed by atoms with Crippen LogP contribution in [0.1, 0.15) is 12.0 Å². The van der Waals surface area contributed by atoms with Crippen LogP contribution in [0, 0.1) is 5.82 Å². The van der Waals surface area contributed by atoms with Gasteiger partial charge >= 0.3 is 6.41 Å². The van der Waals surface area contributed by atoms with Crippen molar-refractivity contribution in [2.24, 2.45) is 0 Å². The number of likely N-dealkylation sites (tertiary alicyclic amines) is 1. The molecule has 0 aliphatic carbocycles. The van der Waals surface area contributed by atoms with Gasteiger partial charge in [-0.1, -0.05) is 12.1 Å². The van der Waals surface area contributed by atoms with Crippen LogP contribution >= 0.6 is 0 Å². The second-order valence-electron chi connectivity index (χ2n) is 4.46. The lowest BCUT2D eigenvalue weighted by Gasteiger charge is -2.32. The molecule has 1 fully saturated rings. The second-order valence-corrected chi connectivity index (χ2v) is 4.46. The summed E-state index contributed by atoms with van der Waals surface area (Å²) in [6.07, 6.45) is 1.19. The molecular weight excluding hydrogens is 238 g/mol. The number of halogens is 2. The Hall–Kier alpha value is -1.49. The van der Waals surface area contributed by atoms with Gasteiger partial charge in [-0.15, -0.1) is 0 Å². The van der Waals surface area contributed by atoms with Crippen molar-refractivity contribution in [1.82, 2.24) is 10.2 Å². The highest BCUT2D eigenvalue weighted by Crippen LogP contribution is 2.13. The number of hydrogen-bond acceptors (Lipinski definition) is 2. The number of carbonyl (C=O) groups excluding carboxylic acids is 1. The molecule has 1 amide bonds. The van der Waals surface area contributed by atoms with Crippen molar-refractivity contribution in [3.8, 4) is 0 Å². The number of amides is 1. The molecule has 97 valence electrons. The van der Waals surface area contributed by atoms with Crippen LogP contribution in [0.25, 0.3) is 0 Å². The third kappa shape index (κ3) is 3.26. The lowest BCUT2D eigenvalue weighted by molar-refractivity contribution is 0.144. The number of nitrogens with zero attached hydrogens (tertiary/aromatic N) is 1. The summed E-state index contributed by atoms with van der Waals surface area (Å²) < 4.78 is 26.4. The van der Waals surface area contributed by atoms with Crippen molar-refractivity contribution in [3.63, 3.8) is 0 Å². The maximum atomic E-state index is 13.7. The molecule has 2 atom stereocenters. The van der Waals surface area contributed by atoms with E-state index in [4.69, 9.17) is 0 Å². The van der Waals surface area contributed by atoms with Gasteiger partial charge in [0.25, 0.3) is 0 Å².